The highest BCUT2D eigenvalue weighted by Gasteiger charge is 2.27. The van der Waals surface area contributed by atoms with Crippen molar-refractivity contribution in [2.45, 2.75) is 52.0 Å². The van der Waals surface area contributed by atoms with E-state index in [1.54, 1.807) is 95.0 Å². The molecule has 0 spiro atoms. The number of ether oxygens (including phenoxy) is 2. The molecule has 5 aromatic heterocycles. The first-order chi connectivity index (χ1) is 32.1. The molecule has 3 aromatic carbocycles. The van der Waals surface area contributed by atoms with Crippen LogP contribution in [0.15, 0.2) is 79.6 Å². The molecule has 2 aliphatic heterocycles. The Morgan fingerprint density at radius 3 is 2.11 bits per heavy atom. The van der Waals surface area contributed by atoms with Crippen molar-refractivity contribution in [1.29, 1.82) is 10.5 Å². The molecule has 3 N–H and O–H groups in total. The molecule has 66 heavy (non-hydrogen) atoms. The van der Waals surface area contributed by atoms with E-state index in [4.69, 9.17) is 9.47 Å². The molecule has 8 aromatic rings. The topological polar surface area (TPSA) is 209 Å². The Bertz CT molecular complexity index is 3310. The van der Waals surface area contributed by atoms with Gasteiger partial charge in [0.2, 0.25) is 11.9 Å². The van der Waals surface area contributed by atoms with Crippen LogP contribution in [0.1, 0.15) is 56.5 Å². The van der Waals surface area contributed by atoms with Crippen LogP contribution in [0.4, 0.5) is 20.7 Å². The van der Waals surface area contributed by atoms with Gasteiger partial charge in [-0.1, -0.05) is 12.1 Å². The van der Waals surface area contributed by atoms with Gasteiger partial charge in [-0.15, -0.1) is 0 Å². The summed E-state index contributed by atoms with van der Waals surface area (Å²) in [5, 5.41) is 39.9. The van der Waals surface area contributed by atoms with Gasteiger partial charge in [0, 0.05) is 108 Å². The normalized spacial score (nSPS) is 13.1. The van der Waals surface area contributed by atoms with Gasteiger partial charge in [-0.25, -0.2) is 28.7 Å². The second kappa shape index (κ2) is 16.9. The summed E-state index contributed by atoms with van der Waals surface area (Å²) >= 11 is 0. The van der Waals surface area contributed by atoms with Gasteiger partial charge in [-0.2, -0.15) is 15.6 Å². The summed E-state index contributed by atoms with van der Waals surface area (Å²) in [6.45, 7) is 3.08. The Morgan fingerprint density at radius 1 is 0.833 bits per heavy atom. The number of hydrogen-bond donors (Lipinski definition) is 3. The van der Waals surface area contributed by atoms with E-state index in [2.05, 4.69) is 47.8 Å². The molecular weight excluding hydrogens is 849 g/mol. The number of nitrogens with one attached hydrogen (secondary N) is 2. The van der Waals surface area contributed by atoms with Crippen LogP contribution >= 0.6 is 0 Å². The summed E-state index contributed by atoms with van der Waals surface area (Å²) in [7, 11) is 1.64. The van der Waals surface area contributed by atoms with Crippen LogP contribution in [0.25, 0.3) is 33.5 Å². The fourth-order valence-electron chi connectivity index (χ4n) is 8.57. The van der Waals surface area contributed by atoms with Crippen molar-refractivity contribution in [2.24, 2.45) is 0 Å². The minimum Gasteiger partial charge on any atom is -0.493 e. The molecule has 0 saturated heterocycles. The van der Waals surface area contributed by atoms with Gasteiger partial charge in [0.15, 0.2) is 22.7 Å². The minimum absolute atomic E-state index is 0.0511. The van der Waals surface area contributed by atoms with E-state index >= 15 is 4.39 Å². The number of carbonyl (C=O) groups is 1. The molecule has 330 valence electrons. The molecule has 0 aliphatic carbocycles. The molecule has 19 heteroatoms. The number of amides is 1. The van der Waals surface area contributed by atoms with E-state index in [0.717, 1.165) is 5.56 Å². The largest absolute Gasteiger partial charge is 0.493 e. The predicted octanol–water partition coefficient (Wildman–Crippen LogP) is 6.07. The van der Waals surface area contributed by atoms with Crippen molar-refractivity contribution >= 4 is 29.1 Å². The van der Waals surface area contributed by atoms with Crippen molar-refractivity contribution in [3.8, 4) is 45.9 Å². The average molecular weight is 888 g/mol. The third-order valence-corrected chi connectivity index (χ3v) is 11.7. The standard InChI is InChI=1S/C47H39F2N13O4/c1-26(63)21-60-23-30(16-56-60)36-18-53-47(62-25-32(15-51)58-44(36)62)55-20-38-34-10-12-66-42(34)29(13-40(38)49)22-59(2)45(64)28-5-3-27(4-6-28)35-17-52-46(61-24-31(14-50)57-43(35)61)54-19-37-33-9-11-65-41(33)8-7-39(37)48/h3-8,13,16-18,23-26,63H,9-12,19-22H2,1-2H3,(H,52,54)(H,53,55). The maximum Gasteiger partial charge on any atom is 0.253 e. The summed E-state index contributed by atoms with van der Waals surface area (Å²) < 4.78 is 47.6. The summed E-state index contributed by atoms with van der Waals surface area (Å²) in [5.41, 5.74) is 7.17. The lowest BCUT2D eigenvalue weighted by molar-refractivity contribution is 0.0784. The Kier molecular flexibility index (Phi) is 10.7. The maximum atomic E-state index is 16.1. The number of aliphatic hydroxyl groups is 1. The van der Waals surface area contributed by atoms with Gasteiger partial charge in [0.05, 0.1) is 44.5 Å². The number of rotatable bonds is 13. The SMILES string of the molecule is CC(O)Cn1cc(-c2cnc(NCc3c(F)cc(CN(C)C(=O)c4ccc(-c5cnc(NCc6c(F)ccc7c6CCO7)n6cc(C#N)nc56)cc4)c4c3CCO4)n3cc(C#N)nc23)cn1. The third-order valence-electron chi connectivity index (χ3n) is 11.7. The second-order valence-electron chi connectivity index (χ2n) is 16.1. The Morgan fingerprint density at radius 2 is 1.45 bits per heavy atom. The number of imidazole rings is 2. The zero-order valence-electron chi connectivity index (χ0n) is 35.6. The first-order valence-electron chi connectivity index (χ1n) is 21.1. The Balaban J connectivity index is 0.843. The van der Waals surface area contributed by atoms with E-state index in [0.29, 0.717) is 117 Å². The summed E-state index contributed by atoms with van der Waals surface area (Å²) in [5.74, 6) is 0.779. The zero-order valence-corrected chi connectivity index (χ0v) is 35.6. The van der Waals surface area contributed by atoms with Crippen molar-refractivity contribution in [3.63, 3.8) is 0 Å². The number of aliphatic hydroxyl groups excluding tert-OH is 1. The fraction of sp³-hybridized carbons (Fsp3) is 0.234. The van der Waals surface area contributed by atoms with Crippen molar-refractivity contribution in [2.75, 3.05) is 30.9 Å². The van der Waals surface area contributed by atoms with Crippen LogP contribution < -0.4 is 20.1 Å². The number of hydrogen-bond acceptors (Lipinski definition) is 13. The number of aromatic nitrogens is 8. The van der Waals surface area contributed by atoms with E-state index in [-0.39, 0.29) is 42.7 Å². The second-order valence-corrected chi connectivity index (χ2v) is 16.1. The molecular formula is C47H39F2N13O4. The summed E-state index contributed by atoms with van der Waals surface area (Å²) in [6.07, 6.45) is 10.2. The highest BCUT2D eigenvalue weighted by Crippen LogP contribution is 2.37. The van der Waals surface area contributed by atoms with Gasteiger partial charge in [-0.3, -0.25) is 18.3 Å². The maximum absolute atomic E-state index is 16.1. The third kappa shape index (κ3) is 7.60. The average Bonchev–Trinajstić information content (AvgIpc) is 4.18. The van der Waals surface area contributed by atoms with Crippen LogP contribution in [0.3, 0.4) is 0 Å². The number of nitriles is 2. The van der Waals surface area contributed by atoms with Crippen LogP contribution in [-0.4, -0.2) is 80.8 Å². The van der Waals surface area contributed by atoms with Crippen molar-refractivity contribution in [3.05, 3.63) is 136 Å². The highest BCUT2D eigenvalue weighted by atomic mass is 19.1. The molecule has 0 bridgehead atoms. The molecule has 0 fully saturated rings. The molecule has 2 aliphatic rings. The molecule has 0 radical (unpaired) electrons. The number of halogens is 2. The van der Waals surface area contributed by atoms with Crippen LogP contribution in [0, 0.1) is 34.3 Å². The molecule has 7 heterocycles. The monoisotopic (exact) mass is 887 g/mol. The number of anilines is 2. The van der Waals surface area contributed by atoms with Gasteiger partial charge < -0.3 is 30.1 Å². The van der Waals surface area contributed by atoms with Gasteiger partial charge in [-0.05, 0) is 42.8 Å². The van der Waals surface area contributed by atoms with E-state index < -0.39 is 11.9 Å². The molecule has 17 nitrogen and oxygen atoms in total. The van der Waals surface area contributed by atoms with E-state index in [9.17, 15) is 24.8 Å². The number of nitrogens with zero attached hydrogens (tertiary/aromatic N) is 11. The molecule has 10 rings (SSSR count). The lowest BCUT2D eigenvalue weighted by Gasteiger charge is -2.21. The Hall–Kier alpha value is -8.42. The lowest BCUT2D eigenvalue weighted by atomic mass is 9.99. The lowest BCUT2D eigenvalue weighted by Crippen LogP contribution is -2.26. The van der Waals surface area contributed by atoms with Crippen molar-refractivity contribution < 1.29 is 28.2 Å². The van der Waals surface area contributed by atoms with Gasteiger partial charge in [0.25, 0.3) is 5.91 Å². The first-order valence-corrected chi connectivity index (χ1v) is 21.1. The van der Waals surface area contributed by atoms with E-state index in [1.165, 1.54) is 17.0 Å². The highest BCUT2D eigenvalue weighted by molar-refractivity contribution is 5.95. The minimum atomic E-state index is -0.594. The summed E-state index contributed by atoms with van der Waals surface area (Å²) in [4.78, 5) is 33.5. The van der Waals surface area contributed by atoms with Crippen LogP contribution in [0.2, 0.25) is 0 Å². The van der Waals surface area contributed by atoms with Gasteiger partial charge >= 0.3 is 0 Å². The predicted molar refractivity (Wildman–Crippen MR) is 235 cm³/mol. The molecule has 0 saturated carbocycles. The van der Waals surface area contributed by atoms with Gasteiger partial charge in [0.1, 0.15) is 35.3 Å². The quantitative estimate of drug-likeness (QED) is 0.120. The van der Waals surface area contributed by atoms with Crippen LogP contribution in [0.5, 0.6) is 11.5 Å². The molecule has 1 atom stereocenters. The summed E-state index contributed by atoms with van der Waals surface area (Å²) in [6, 6.07) is 15.5. The molecule has 1 unspecified atom stereocenters. The number of carbonyl (C=O) groups excluding carboxylic acids is 1. The number of fused-ring (bicyclic) bond motifs is 4. The first kappa shape index (κ1) is 41.6. The zero-order chi connectivity index (χ0) is 45.6. The number of benzene rings is 3. The van der Waals surface area contributed by atoms with E-state index in [1.807, 2.05) is 0 Å². The fourth-order valence-corrected chi connectivity index (χ4v) is 8.57. The molecule has 1 amide bonds. The van der Waals surface area contributed by atoms with Crippen molar-refractivity contribution in [1.82, 2.24) is 43.4 Å². The van der Waals surface area contributed by atoms with Crippen LogP contribution in [-0.2, 0) is 39.0 Å². The smallest absolute Gasteiger partial charge is 0.253 e. The Labute approximate surface area is 375 Å².